The van der Waals surface area contributed by atoms with Crippen molar-refractivity contribution in [3.8, 4) is 0 Å². The molecule has 0 aliphatic carbocycles. The van der Waals surface area contributed by atoms with Gasteiger partial charge in [-0.15, -0.1) is 0 Å². The van der Waals surface area contributed by atoms with Crippen molar-refractivity contribution in [1.29, 1.82) is 0 Å². The quantitative estimate of drug-likeness (QED) is 0.904. The van der Waals surface area contributed by atoms with Gasteiger partial charge in [0, 0.05) is 23.8 Å². The molecule has 0 saturated carbocycles. The second-order valence-corrected chi connectivity index (χ2v) is 4.88. The smallest absolute Gasteiger partial charge is 0.306 e. The van der Waals surface area contributed by atoms with E-state index in [4.69, 9.17) is 5.11 Å². The van der Waals surface area contributed by atoms with E-state index in [1.807, 2.05) is 12.3 Å². The Morgan fingerprint density at radius 1 is 1.44 bits per heavy atom. The Bertz CT molecular complexity index is 389. The monoisotopic (exact) mass is 284 g/mol. The molecule has 0 radical (unpaired) electrons. The van der Waals surface area contributed by atoms with Crippen molar-refractivity contribution in [3.05, 3.63) is 22.9 Å². The SMILES string of the molecule is O=C(O)C1CCN(c2cncc(Br)c2)CC1. The Balaban J connectivity index is 2.01. The minimum atomic E-state index is -0.674. The molecule has 1 fully saturated rings. The molecule has 5 heteroatoms. The van der Waals surface area contributed by atoms with Gasteiger partial charge in [0.1, 0.15) is 0 Å². The van der Waals surface area contributed by atoms with E-state index in [1.165, 1.54) is 0 Å². The Kier molecular flexibility index (Phi) is 3.43. The van der Waals surface area contributed by atoms with Crippen LogP contribution < -0.4 is 4.90 Å². The third-order valence-electron chi connectivity index (χ3n) is 2.90. The largest absolute Gasteiger partial charge is 0.481 e. The number of aliphatic carboxylic acids is 1. The van der Waals surface area contributed by atoms with Crippen LogP contribution >= 0.6 is 15.9 Å². The number of carboxylic acids is 1. The molecule has 1 aromatic heterocycles. The van der Waals surface area contributed by atoms with Crippen molar-refractivity contribution in [2.45, 2.75) is 12.8 Å². The minimum absolute atomic E-state index is 0.184. The predicted molar refractivity (Wildman–Crippen MR) is 64.5 cm³/mol. The number of hydrogen-bond acceptors (Lipinski definition) is 3. The standard InChI is InChI=1S/C11H13BrN2O2/c12-9-5-10(7-13-6-9)14-3-1-8(2-4-14)11(15)16/h5-8H,1-4H2,(H,15,16). The van der Waals surface area contributed by atoms with Gasteiger partial charge in [-0.1, -0.05) is 0 Å². The number of piperidine rings is 1. The molecule has 0 bridgehead atoms. The van der Waals surface area contributed by atoms with Gasteiger partial charge in [0.05, 0.1) is 17.8 Å². The molecule has 1 saturated heterocycles. The topological polar surface area (TPSA) is 53.4 Å². The third-order valence-corrected chi connectivity index (χ3v) is 3.33. The fourth-order valence-electron chi connectivity index (χ4n) is 1.96. The van der Waals surface area contributed by atoms with E-state index in [1.54, 1.807) is 6.20 Å². The Hall–Kier alpha value is -1.10. The molecule has 1 aromatic rings. The molecule has 0 unspecified atom stereocenters. The van der Waals surface area contributed by atoms with Crippen molar-refractivity contribution in [3.63, 3.8) is 0 Å². The number of rotatable bonds is 2. The van der Waals surface area contributed by atoms with Gasteiger partial charge in [0.25, 0.3) is 0 Å². The number of halogens is 1. The number of carbonyl (C=O) groups is 1. The summed E-state index contributed by atoms with van der Waals surface area (Å²) in [4.78, 5) is 17.1. The lowest BCUT2D eigenvalue weighted by Gasteiger charge is -2.31. The molecule has 0 atom stereocenters. The highest BCUT2D eigenvalue weighted by Gasteiger charge is 2.24. The normalized spacial score (nSPS) is 17.4. The summed E-state index contributed by atoms with van der Waals surface area (Å²) in [6, 6.07) is 2.01. The van der Waals surface area contributed by atoms with Crippen LogP contribution in [-0.2, 0) is 4.79 Å². The first kappa shape index (κ1) is 11.4. The summed E-state index contributed by atoms with van der Waals surface area (Å²) in [5, 5.41) is 8.90. The van der Waals surface area contributed by atoms with Gasteiger partial charge < -0.3 is 10.0 Å². The van der Waals surface area contributed by atoms with Gasteiger partial charge in [-0.2, -0.15) is 0 Å². The first-order chi connectivity index (χ1) is 7.66. The van der Waals surface area contributed by atoms with E-state index < -0.39 is 5.97 Å². The Labute approximate surface area is 102 Å². The average Bonchev–Trinajstić information content (AvgIpc) is 2.29. The lowest BCUT2D eigenvalue weighted by atomic mass is 9.97. The lowest BCUT2D eigenvalue weighted by Crippen LogP contribution is -2.36. The molecule has 1 aliphatic rings. The molecule has 0 aromatic carbocycles. The second-order valence-electron chi connectivity index (χ2n) is 3.96. The van der Waals surface area contributed by atoms with Crippen LogP contribution in [0.1, 0.15) is 12.8 Å². The zero-order valence-corrected chi connectivity index (χ0v) is 10.4. The second kappa shape index (κ2) is 4.82. The molecule has 2 rings (SSSR count). The predicted octanol–water partition coefficient (Wildman–Crippen LogP) is 2.15. The molecule has 1 N–H and O–H groups in total. The van der Waals surface area contributed by atoms with Crippen molar-refractivity contribution in [2.24, 2.45) is 5.92 Å². The van der Waals surface area contributed by atoms with Crippen LogP contribution in [-0.4, -0.2) is 29.1 Å². The zero-order chi connectivity index (χ0) is 11.5. The molecule has 2 heterocycles. The van der Waals surface area contributed by atoms with Gasteiger partial charge in [0.2, 0.25) is 0 Å². The van der Waals surface area contributed by atoms with E-state index in [0.717, 1.165) is 23.2 Å². The van der Waals surface area contributed by atoms with Gasteiger partial charge in [-0.3, -0.25) is 9.78 Å². The van der Waals surface area contributed by atoms with Crippen molar-refractivity contribution >= 4 is 27.6 Å². The van der Waals surface area contributed by atoms with E-state index in [2.05, 4.69) is 25.8 Å². The van der Waals surface area contributed by atoms with Gasteiger partial charge in [-0.25, -0.2) is 0 Å². The van der Waals surface area contributed by atoms with E-state index >= 15 is 0 Å². The fraction of sp³-hybridized carbons (Fsp3) is 0.455. The van der Waals surface area contributed by atoms with Crippen LogP contribution in [0.3, 0.4) is 0 Å². The molecule has 0 spiro atoms. The maximum absolute atomic E-state index is 10.8. The fourth-order valence-corrected chi connectivity index (χ4v) is 2.31. The maximum atomic E-state index is 10.8. The van der Waals surface area contributed by atoms with Crippen LogP contribution in [0, 0.1) is 5.92 Å². The first-order valence-electron chi connectivity index (χ1n) is 5.25. The minimum Gasteiger partial charge on any atom is -0.481 e. The molecular formula is C11H13BrN2O2. The molecular weight excluding hydrogens is 272 g/mol. The number of pyridine rings is 1. The molecule has 16 heavy (non-hydrogen) atoms. The molecule has 4 nitrogen and oxygen atoms in total. The van der Waals surface area contributed by atoms with Gasteiger partial charge in [-0.05, 0) is 34.8 Å². The summed E-state index contributed by atoms with van der Waals surface area (Å²) in [6.45, 7) is 1.57. The highest BCUT2D eigenvalue weighted by molar-refractivity contribution is 9.10. The zero-order valence-electron chi connectivity index (χ0n) is 8.77. The highest BCUT2D eigenvalue weighted by Crippen LogP contribution is 2.24. The third kappa shape index (κ3) is 2.52. The maximum Gasteiger partial charge on any atom is 0.306 e. The van der Waals surface area contributed by atoms with Crippen LogP contribution in [0.15, 0.2) is 22.9 Å². The summed E-state index contributed by atoms with van der Waals surface area (Å²) in [6.07, 6.45) is 4.98. The lowest BCUT2D eigenvalue weighted by molar-refractivity contribution is -0.142. The Morgan fingerprint density at radius 3 is 2.69 bits per heavy atom. The van der Waals surface area contributed by atoms with Crippen LogP contribution in [0.2, 0.25) is 0 Å². The summed E-state index contributed by atoms with van der Waals surface area (Å²) in [5.41, 5.74) is 1.05. The average molecular weight is 285 g/mol. The Morgan fingerprint density at radius 2 is 2.12 bits per heavy atom. The molecule has 1 aliphatic heterocycles. The number of nitrogens with zero attached hydrogens (tertiary/aromatic N) is 2. The molecule has 86 valence electrons. The van der Waals surface area contributed by atoms with E-state index in [-0.39, 0.29) is 5.92 Å². The first-order valence-corrected chi connectivity index (χ1v) is 6.04. The van der Waals surface area contributed by atoms with E-state index in [9.17, 15) is 4.79 Å². The summed E-state index contributed by atoms with van der Waals surface area (Å²) in [7, 11) is 0. The van der Waals surface area contributed by atoms with Crippen molar-refractivity contribution in [2.75, 3.05) is 18.0 Å². The highest BCUT2D eigenvalue weighted by atomic mass is 79.9. The molecule has 0 amide bonds. The summed E-state index contributed by atoms with van der Waals surface area (Å²) >= 11 is 3.38. The van der Waals surface area contributed by atoms with Crippen LogP contribution in [0.4, 0.5) is 5.69 Å². The van der Waals surface area contributed by atoms with Crippen molar-refractivity contribution in [1.82, 2.24) is 4.98 Å². The summed E-state index contributed by atoms with van der Waals surface area (Å²) in [5.74, 6) is -0.858. The van der Waals surface area contributed by atoms with E-state index in [0.29, 0.717) is 12.8 Å². The number of anilines is 1. The van der Waals surface area contributed by atoms with Crippen molar-refractivity contribution < 1.29 is 9.90 Å². The summed E-state index contributed by atoms with van der Waals surface area (Å²) < 4.78 is 0.949. The van der Waals surface area contributed by atoms with Gasteiger partial charge >= 0.3 is 5.97 Å². The van der Waals surface area contributed by atoms with Gasteiger partial charge in [0.15, 0.2) is 0 Å². The number of aromatic nitrogens is 1. The number of carboxylic acid groups (broad SMARTS) is 1. The number of hydrogen-bond donors (Lipinski definition) is 1. The van der Waals surface area contributed by atoms with Crippen LogP contribution in [0.25, 0.3) is 0 Å². The van der Waals surface area contributed by atoms with Crippen LogP contribution in [0.5, 0.6) is 0 Å².